The van der Waals surface area contributed by atoms with Gasteiger partial charge in [-0.05, 0) is 26.0 Å². The fraction of sp³-hybridized carbons (Fsp3) is 0.500. The fourth-order valence-corrected chi connectivity index (χ4v) is 2.36. The van der Waals surface area contributed by atoms with Gasteiger partial charge in [0.15, 0.2) is 0 Å². The second-order valence-corrected chi connectivity index (χ2v) is 4.76. The van der Waals surface area contributed by atoms with E-state index in [4.69, 9.17) is 4.74 Å². The zero-order valence-corrected chi connectivity index (χ0v) is 11.5. The topological polar surface area (TPSA) is 41.6 Å². The Hall–Kier alpha value is -1.53. The van der Waals surface area contributed by atoms with Gasteiger partial charge in [-0.15, -0.1) is 0 Å². The summed E-state index contributed by atoms with van der Waals surface area (Å²) in [5.41, 5.74) is 0.265. The molecule has 2 atom stereocenters. The van der Waals surface area contributed by atoms with Gasteiger partial charge in [0.25, 0.3) is 0 Å². The van der Waals surface area contributed by atoms with E-state index in [9.17, 15) is 13.6 Å². The molecular weight excluding hydrogens is 266 g/mol. The predicted molar refractivity (Wildman–Crippen MR) is 69.9 cm³/mol. The van der Waals surface area contributed by atoms with Crippen molar-refractivity contribution in [2.45, 2.75) is 26.1 Å². The van der Waals surface area contributed by atoms with E-state index >= 15 is 0 Å². The monoisotopic (exact) mass is 284 g/mol. The smallest absolute Gasteiger partial charge is 0.238 e. The van der Waals surface area contributed by atoms with Crippen LogP contribution in [0.3, 0.4) is 0 Å². The van der Waals surface area contributed by atoms with Crippen LogP contribution in [-0.2, 0) is 9.53 Å². The first-order valence-electron chi connectivity index (χ1n) is 6.62. The van der Waals surface area contributed by atoms with E-state index in [2.05, 4.69) is 5.32 Å². The van der Waals surface area contributed by atoms with Crippen LogP contribution < -0.4 is 5.32 Å². The van der Waals surface area contributed by atoms with E-state index < -0.39 is 17.8 Å². The van der Waals surface area contributed by atoms with E-state index in [1.807, 2.05) is 13.8 Å². The number of amides is 1. The SMILES string of the molecule is CCOC(C)CN1C(=O)CNC1c1ccc(F)cc1F. The lowest BCUT2D eigenvalue weighted by atomic mass is 10.1. The summed E-state index contributed by atoms with van der Waals surface area (Å²) < 4.78 is 32.2. The lowest BCUT2D eigenvalue weighted by Gasteiger charge is -2.27. The second kappa shape index (κ2) is 6.28. The Labute approximate surface area is 116 Å². The van der Waals surface area contributed by atoms with E-state index in [-0.39, 0.29) is 24.1 Å². The number of nitrogens with one attached hydrogen (secondary N) is 1. The number of hydrogen-bond donors (Lipinski definition) is 1. The van der Waals surface area contributed by atoms with Crippen molar-refractivity contribution in [1.29, 1.82) is 0 Å². The number of rotatable bonds is 5. The first kappa shape index (κ1) is 14.9. The van der Waals surface area contributed by atoms with E-state index in [1.165, 1.54) is 17.0 Å². The van der Waals surface area contributed by atoms with Crippen LogP contribution in [-0.4, -0.2) is 36.6 Å². The third-order valence-electron chi connectivity index (χ3n) is 3.24. The molecule has 0 radical (unpaired) electrons. The Kier molecular flexibility index (Phi) is 4.67. The minimum Gasteiger partial charge on any atom is -0.377 e. The van der Waals surface area contributed by atoms with Gasteiger partial charge in [-0.1, -0.05) is 0 Å². The molecule has 1 aliphatic heterocycles. The Bertz CT molecular complexity index is 496. The second-order valence-electron chi connectivity index (χ2n) is 4.76. The number of halogens is 2. The minimum absolute atomic E-state index is 0.120. The molecule has 1 fully saturated rings. The fourth-order valence-electron chi connectivity index (χ4n) is 2.36. The molecule has 0 aromatic heterocycles. The Balaban J connectivity index is 2.19. The van der Waals surface area contributed by atoms with Crippen LogP contribution in [0.4, 0.5) is 8.78 Å². The van der Waals surface area contributed by atoms with Gasteiger partial charge in [-0.2, -0.15) is 0 Å². The summed E-state index contributed by atoms with van der Waals surface area (Å²) in [5.74, 6) is -1.42. The van der Waals surface area contributed by atoms with Gasteiger partial charge in [0, 0.05) is 24.8 Å². The Morgan fingerprint density at radius 2 is 2.25 bits per heavy atom. The van der Waals surface area contributed by atoms with Gasteiger partial charge >= 0.3 is 0 Å². The van der Waals surface area contributed by atoms with Crippen molar-refractivity contribution in [2.24, 2.45) is 0 Å². The van der Waals surface area contributed by atoms with Crippen molar-refractivity contribution in [3.05, 3.63) is 35.4 Å². The van der Waals surface area contributed by atoms with Crippen LogP contribution in [0.5, 0.6) is 0 Å². The first-order valence-corrected chi connectivity index (χ1v) is 6.62. The molecule has 4 nitrogen and oxygen atoms in total. The number of ether oxygens (including phenoxy) is 1. The molecule has 1 aromatic carbocycles. The van der Waals surface area contributed by atoms with E-state index in [0.717, 1.165) is 6.07 Å². The highest BCUT2D eigenvalue weighted by Gasteiger charge is 2.34. The van der Waals surface area contributed by atoms with Crippen LogP contribution in [0.1, 0.15) is 25.6 Å². The van der Waals surface area contributed by atoms with Gasteiger partial charge in [0.2, 0.25) is 5.91 Å². The van der Waals surface area contributed by atoms with Gasteiger partial charge in [-0.25, -0.2) is 8.78 Å². The number of hydrogen-bond acceptors (Lipinski definition) is 3. The highest BCUT2D eigenvalue weighted by atomic mass is 19.1. The number of benzene rings is 1. The van der Waals surface area contributed by atoms with Crippen LogP contribution >= 0.6 is 0 Å². The third kappa shape index (κ3) is 3.13. The molecule has 0 spiro atoms. The molecule has 1 saturated heterocycles. The van der Waals surface area contributed by atoms with Crippen molar-refractivity contribution in [2.75, 3.05) is 19.7 Å². The average Bonchev–Trinajstić information content (AvgIpc) is 2.72. The van der Waals surface area contributed by atoms with E-state index in [1.54, 1.807) is 0 Å². The largest absolute Gasteiger partial charge is 0.377 e. The lowest BCUT2D eigenvalue weighted by molar-refractivity contribution is -0.129. The average molecular weight is 284 g/mol. The van der Waals surface area contributed by atoms with Crippen LogP contribution in [0.15, 0.2) is 18.2 Å². The summed E-state index contributed by atoms with van der Waals surface area (Å²) in [7, 11) is 0. The van der Waals surface area contributed by atoms with Crippen molar-refractivity contribution in [1.82, 2.24) is 10.2 Å². The molecule has 2 rings (SSSR count). The summed E-state index contributed by atoms with van der Waals surface area (Å²) >= 11 is 0. The first-order chi connectivity index (χ1) is 9.52. The number of carbonyl (C=O) groups excluding carboxylic acids is 1. The number of nitrogens with zero attached hydrogens (tertiary/aromatic N) is 1. The van der Waals surface area contributed by atoms with Gasteiger partial charge in [-0.3, -0.25) is 10.1 Å². The molecule has 0 aliphatic carbocycles. The molecule has 6 heteroatoms. The van der Waals surface area contributed by atoms with E-state index in [0.29, 0.717) is 13.2 Å². The zero-order valence-electron chi connectivity index (χ0n) is 11.5. The number of carbonyl (C=O) groups is 1. The molecular formula is C14H18F2N2O2. The maximum atomic E-state index is 13.8. The van der Waals surface area contributed by atoms with Gasteiger partial charge in [0.05, 0.1) is 12.6 Å². The molecule has 1 heterocycles. The molecule has 2 unspecified atom stereocenters. The summed E-state index contributed by atoms with van der Waals surface area (Å²) in [5, 5.41) is 2.94. The Morgan fingerprint density at radius 3 is 2.90 bits per heavy atom. The molecule has 1 aliphatic rings. The quantitative estimate of drug-likeness (QED) is 0.896. The maximum Gasteiger partial charge on any atom is 0.238 e. The lowest BCUT2D eigenvalue weighted by Crippen LogP contribution is -2.37. The molecule has 0 bridgehead atoms. The van der Waals surface area contributed by atoms with Crippen molar-refractivity contribution in [3.63, 3.8) is 0 Å². The molecule has 1 N–H and O–H groups in total. The zero-order chi connectivity index (χ0) is 14.7. The maximum absolute atomic E-state index is 13.8. The Morgan fingerprint density at radius 1 is 1.50 bits per heavy atom. The molecule has 110 valence electrons. The van der Waals surface area contributed by atoms with Crippen LogP contribution in [0, 0.1) is 11.6 Å². The van der Waals surface area contributed by atoms with Crippen molar-refractivity contribution >= 4 is 5.91 Å². The highest BCUT2D eigenvalue weighted by Crippen LogP contribution is 2.25. The molecule has 1 aromatic rings. The van der Waals surface area contributed by atoms with Gasteiger partial charge < -0.3 is 9.64 Å². The molecule has 0 saturated carbocycles. The third-order valence-corrected chi connectivity index (χ3v) is 3.24. The highest BCUT2D eigenvalue weighted by molar-refractivity contribution is 5.81. The summed E-state index contributed by atoms with van der Waals surface area (Å²) in [4.78, 5) is 13.4. The standard InChI is InChI=1S/C14H18F2N2O2/c1-3-20-9(2)8-18-13(19)7-17-14(18)11-5-4-10(15)6-12(11)16/h4-6,9,14,17H,3,7-8H2,1-2H3. The summed E-state index contributed by atoms with van der Waals surface area (Å²) in [6.45, 7) is 4.78. The predicted octanol–water partition coefficient (Wildman–Crippen LogP) is 1.82. The van der Waals surface area contributed by atoms with Crippen molar-refractivity contribution in [3.8, 4) is 0 Å². The van der Waals surface area contributed by atoms with Crippen molar-refractivity contribution < 1.29 is 18.3 Å². The minimum atomic E-state index is -0.661. The van der Waals surface area contributed by atoms with Gasteiger partial charge in [0.1, 0.15) is 17.8 Å². The molecule has 1 amide bonds. The summed E-state index contributed by atoms with van der Waals surface area (Å²) in [6, 6.07) is 3.37. The molecule has 20 heavy (non-hydrogen) atoms. The van der Waals surface area contributed by atoms with Crippen LogP contribution in [0.2, 0.25) is 0 Å². The normalized spacial score (nSPS) is 20.5. The van der Waals surface area contributed by atoms with Crippen LogP contribution in [0.25, 0.3) is 0 Å². The summed E-state index contributed by atoms with van der Waals surface area (Å²) in [6.07, 6.45) is -0.721.